The Morgan fingerprint density at radius 2 is 2.06 bits per heavy atom. The summed E-state index contributed by atoms with van der Waals surface area (Å²) in [4.78, 5) is 4.91. The molecule has 100 valence electrons. The SMILES string of the molecule is Cc1cccc(N(C)C2CCN(CCN)CC2)c1. The number of hydrogen-bond donors (Lipinski definition) is 1. The molecule has 0 saturated carbocycles. The van der Waals surface area contributed by atoms with Crippen LogP contribution in [0.2, 0.25) is 0 Å². The zero-order chi connectivity index (χ0) is 13.0. The Balaban J connectivity index is 1.93. The third-order valence-corrected chi connectivity index (χ3v) is 3.96. The van der Waals surface area contributed by atoms with Crippen molar-refractivity contribution in [1.29, 1.82) is 0 Å². The summed E-state index contributed by atoms with van der Waals surface area (Å²) in [5.74, 6) is 0. The van der Waals surface area contributed by atoms with Gasteiger partial charge in [0.05, 0.1) is 0 Å². The average Bonchev–Trinajstić information content (AvgIpc) is 2.39. The van der Waals surface area contributed by atoms with Crippen molar-refractivity contribution in [3.8, 4) is 0 Å². The van der Waals surface area contributed by atoms with E-state index in [1.807, 2.05) is 0 Å². The van der Waals surface area contributed by atoms with Crippen LogP contribution >= 0.6 is 0 Å². The fourth-order valence-corrected chi connectivity index (χ4v) is 2.77. The molecule has 0 aliphatic carbocycles. The second kappa shape index (κ2) is 6.21. The molecule has 0 aromatic heterocycles. The molecule has 2 rings (SSSR count). The lowest BCUT2D eigenvalue weighted by Crippen LogP contribution is -2.44. The van der Waals surface area contributed by atoms with Crippen molar-refractivity contribution in [2.24, 2.45) is 5.73 Å². The van der Waals surface area contributed by atoms with Crippen molar-refractivity contribution < 1.29 is 0 Å². The van der Waals surface area contributed by atoms with Crippen molar-refractivity contribution >= 4 is 5.69 Å². The van der Waals surface area contributed by atoms with E-state index >= 15 is 0 Å². The van der Waals surface area contributed by atoms with E-state index in [4.69, 9.17) is 5.73 Å². The van der Waals surface area contributed by atoms with Crippen LogP contribution in [0.25, 0.3) is 0 Å². The van der Waals surface area contributed by atoms with Gasteiger partial charge in [-0.2, -0.15) is 0 Å². The lowest BCUT2D eigenvalue weighted by atomic mass is 10.0. The van der Waals surface area contributed by atoms with E-state index in [1.165, 1.54) is 37.2 Å². The summed E-state index contributed by atoms with van der Waals surface area (Å²) in [6.07, 6.45) is 2.48. The Labute approximate surface area is 111 Å². The number of likely N-dealkylation sites (tertiary alicyclic amines) is 1. The molecule has 3 nitrogen and oxygen atoms in total. The van der Waals surface area contributed by atoms with Gasteiger partial charge in [-0.3, -0.25) is 0 Å². The van der Waals surface area contributed by atoms with Gasteiger partial charge in [0.15, 0.2) is 0 Å². The molecule has 0 bridgehead atoms. The lowest BCUT2D eigenvalue weighted by Gasteiger charge is -2.37. The molecule has 1 saturated heterocycles. The smallest absolute Gasteiger partial charge is 0.0368 e. The van der Waals surface area contributed by atoms with Gasteiger partial charge < -0.3 is 15.5 Å². The summed E-state index contributed by atoms with van der Waals surface area (Å²) in [5.41, 5.74) is 8.28. The fraction of sp³-hybridized carbons (Fsp3) is 0.600. The monoisotopic (exact) mass is 247 g/mol. The Hall–Kier alpha value is -1.06. The van der Waals surface area contributed by atoms with Gasteiger partial charge in [-0.15, -0.1) is 0 Å². The van der Waals surface area contributed by atoms with Crippen molar-refractivity contribution in [3.05, 3.63) is 29.8 Å². The van der Waals surface area contributed by atoms with E-state index in [9.17, 15) is 0 Å². The predicted octanol–water partition coefficient (Wildman–Crippen LogP) is 1.85. The predicted molar refractivity (Wildman–Crippen MR) is 78.1 cm³/mol. The maximum Gasteiger partial charge on any atom is 0.0368 e. The third-order valence-electron chi connectivity index (χ3n) is 3.96. The highest BCUT2D eigenvalue weighted by atomic mass is 15.2. The second-order valence-electron chi connectivity index (χ2n) is 5.31. The van der Waals surface area contributed by atoms with Gasteiger partial charge in [-0.1, -0.05) is 12.1 Å². The van der Waals surface area contributed by atoms with Crippen LogP contribution in [0.15, 0.2) is 24.3 Å². The highest BCUT2D eigenvalue weighted by Gasteiger charge is 2.22. The largest absolute Gasteiger partial charge is 0.372 e. The highest BCUT2D eigenvalue weighted by molar-refractivity contribution is 5.48. The van der Waals surface area contributed by atoms with E-state index in [0.29, 0.717) is 6.04 Å². The van der Waals surface area contributed by atoms with Gasteiger partial charge >= 0.3 is 0 Å². The molecule has 0 spiro atoms. The Morgan fingerprint density at radius 3 is 2.67 bits per heavy atom. The molecule has 1 aliphatic rings. The standard InChI is InChI=1S/C15H25N3/c1-13-4-3-5-15(12-13)17(2)14-6-9-18(10-7-14)11-8-16/h3-5,12,14H,6-11,16H2,1-2H3. The molecule has 0 unspecified atom stereocenters. The third kappa shape index (κ3) is 3.24. The first kappa shape index (κ1) is 13.4. The maximum absolute atomic E-state index is 5.61. The van der Waals surface area contributed by atoms with E-state index in [2.05, 4.69) is 48.0 Å². The minimum atomic E-state index is 0.667. The molecule has 2 N–H and O–H groups in total. The maximum atomic E-state index is 5.61. The summed E-state index contributed by atoms with van der Waals surface area (Å²) < 4.78 is 0. The van der Waals surface area contributed by atoms with Crippen molar-refractivity contribution in [3.63, 3.8) is 0 Å². The normalized spacial score (nSPS) is 17.9. The van der Waals surface area contributed by atoms with Crippen LogP contribution in [0.5, 0.6) is 0 Å². The first-order chi connectivity index (χ1) is 8.70. The van der Waals surface area contributed by atoms with E-state index in [-0.39, 0.29) is 0 Å². The van der Waals surface area contributed by atoms with Gasteiger partial charge in [0.1, 0.15) is 0 Å². The minimum absolute atomic E-state index is 0.667. The quantitative estimate of drug-likeness (QED) is 0.881. The molecule has 3 heteroatoms. The number of rotatable bonds is 4. The van der Waals surface area contributed by atoms with Crippen molar-refractivity contribution in [2.45, 2.75) is 25.8 Å². The minimum Gasteiger partial charge on any atom is -0.372 e. The highest BCUT2D eigenvalue weighted by Crippen LogP contribution is 2.22. The number of anilines is 1. The molecule has 1 aromatic carbocycles. The molecule has 1 heterocycles. The zero-order valence-electron chi connectivity index (χ0n) is 11.6. The molecular formula is C15H25N3. The zero-order valence-corrected chi connectivity index (χ0v) is 11.6. The molecule has 1 aromatic rings. The average molecular weight is 247 g/mol. The van der Waals surface area contributed by atoms with Gasteiger partial charge in [0.2, 0.25) is 0 Å². The molecular weight excluding hydrogens is 222 g/mol. The van der Waals surface area contributed by atoms with Gasteiger partial charge in [-0.05, 0) is 37.5 Å². The Bertz CT molecular complexity index is 370. The van der Waals surface area contributed by atoms with Gasteiger partial charge in [0.25, 0.3) is 0 Å². The first-order valence-corrected chi connectivity index (χ1v) is 6.92. The number of benzene rings is 1. The van der Waals surface area contributed by atoms with Crippen LogP contribution < -0.4 is 10.6 Å². The van der Waals surface area contributed by atoms with Crippen LogP contribution in [-0.2, 0) is 0 Å². The molecule has 0 radical (unpaired) electrons. The van der Waals surface area contributed by atoms with Gasteiger partial charge in [0, 0.05) is 45.0 Å². The molecule has 1 aliphatic heterocycles. The van der Waals surface area contributed by atoms with E-state index in [1.54, 1.807) is 0 Å². The number of nitrogens with two attached hydrogens (primary N) is 1. The Morgan fingerprint density at radius 1 is 1.33 bits per heavy atom. The van der Waals surface area contributed by atoms with Crippen LogP contribution in [-0.4, -0.2) is 44.2 Å². The Kier molecular flexibility index (Phi) is 4.61. The lowest BCUT2D eigenvalue weighted by molar-refractivity contribution is 0.216. The molecule has 1 fully saturated rings. The number of hydrogen-bond acceptors (Lipinski definition) is 3. The number of aryl methyl sites for hydroxylation is 1. The number of nitrogens with zero attached hydrogens (tertiary/aromatic N) is 2. The molecule has 0 amide bonds. The summed E-state index contributed by atoms with van der Waals surface area (Å²) in [6, 6.07) is 9.44. The second-order valence-corrected chi connectivity index (χ2v) is 5.31. The first-order valence-electron chi connectivity index (χ1n) is 6.92. The summed E-state index contributed by atoms with van der Waals surface area (Å²) in [5, 5.41) is 0. The van der Waals surface area contributed by atoms with Crippen molar-refractivity contribution in [1.82, 2.24) is 4.90 Å². The van der Waals surface area contributed by atoms with Crippen LogP contribution in [0, 0.1) is 6.92 Å². The summed E-state index contributed by atoms with van der Waals surface area (Å²) in [7, 11) is 2.22. The van der Waals surface area contributed by atoms with Gasteiger partial charge in [-0.25, -0.2) is 0 Å². The number of piperidine rings is 1. The topological polar surface area (TPSA) is 32.5 Å². The molecule has 18 heavy (non-hydrogen) atoms. The summed E-state index contributed by atoms with van der Waals surface area (Å²) in [6.45, 7) is 6.33. The fourth-order valence-electron chi connectivity index (χ4n) is 2.77. The van der Waals surface area contributed by atoms with Crippen molar-refractivity contribution in [2.75, 3.05) is 38.1 Å². The van der Waals surface area contributed by atoms with E-state index < -0.39 is 0 Å². The van der Waals surface area contributed by atoms with Crippen LogP contribution in [0.1, 0.15) is 18.4 Å². The van der Waals surface area contributed by atoms with Crippen LogP contribution in [0.3, 0.4) is 0 Å². The summed E-state index contributed by atoms with van der Waals surface area (Å²) >= 11 is 0. The van der Waals surface area contributed by atoms with Crippen LogP contribution in [0.4, 0.5) is 5.69 Å². The van der Waals surface area contributed by atoms with E-state index in [0.717, 1.165) is 13.1 Å². The molecule has 0 atom stereocenters.